The Morgan fingerprint density at radius 1 is 0.775 bits per heavy atom. The standard InChI is InChI=1S/C34H21BN4O/c1-2-11-22(12-3-1)35-37-20-9-8-18-30(37)36-31-19-10-16-28(38(31)35)26-21-25-23-13-5-7-17-29(23)40-34(25)32-24-14-4-6-15-27(24)39(35)33(26)32/h1-21H. The maximum Gasteiger partial charge on any atom is 0.425 e. The fourth-order valence-corrected chi connectivity index (χ4v) is 7.63. The Morgan fingerprint density at radius 3 is 2.50 bits per heavy atom. The Kier molecular flexibility index (Phi) is 3.60. The van der Waals surface area contributed by atoms with Gasteiger partial charge in [-0.3, -0.25) is 0 Å². The number of hydrogen-bond acceptors (Lipinski definition) is 3. The molecule has 0 fully saturated rings. The van der Waals surface area contributed by atoms with Crippen LogP contribution in [0.25, 0.3) is 49.4 Å². The fraction of sp³-hybridized carbons (Fsp3) is 0. The van der Waals surface area contributed by atoms with E-state index in [2.05, 4.69) is 135 Å². The van der Waals surface area contributed by atoms with Crippen LogP contribution in [0.4, 0.5) is 5.82 Å². The van der Waals surface area contributed by atoms with E-state index in [0.717, 1.165) is 44.7 Å². The molecule has 7 aromatic rings. The quantitative estimate of drug-likeness (QED) is 0.236. The molecule has 3 aromatic heterocycles. The van der Waals surface area contributed by atoms with Crippen molar-refractivity contribution in [1.29, 1.82) is 0 Å². The molecule has 1 unspecified atom stereocenters. The zero-order valence-electron chi connectivity index (χ0n) is 21.4. The molecule has 0 aliphatic carbocycles. The third kappa shape index (κ3) is 2.21. The minimum Gasteiger partial charge on any atom is -0.455 e. The lowest BCUT2D eigenvalue weighted by Gasteiger charge is -2.55. The third-order valence-electron chi connectivity index (χ3n) is 9.05. The first-order valence-corrected chi connectivity index (χ1v) is 13.7. The van der Waals surface area contributed by atoms with Crippen LogP contribution in [0.3, 0.4) is 0 Å². The number of rotatable bonds is 1. The molecule has 186 valence electrons. The SMILES string of the molecule is C1=CC2=Nc3cccc[n+]3[B-]3(c4ccccc4)N2C(=C1)c1cc2c4ccccc4oc2c2c4ccccc4n3c12. The van der Waals surface area contributed by atoms with Gasteiger partial charge in [-0.2, -0.15) is 0 Å². The summed E-state index contributed by atoms with van der Waals surface area (Å²) in [5, 5.41) is 4.63. The van der Waals surface area contributed by atoms with Crippen molar-refractivity contribution in [3.63, 3.8) is 0 Å². The summed E-state index contributed by atoms with van der Waals surface area (Å²) in [6.07, 6.45) is 8.71. The van der Waals surface area contributed by atoms with Gasteiger partial charge in [-0.1, -0.05) is 78.9 Å². The van der Waals surface area contributed by atoms with Gasteiger partial charge < -0.3 is 18.2 Å². The van der Waals surface area contributed by atoms with Crippen molar-refractivity contribution in [2.24, 2.45) is 4.99 Å². The zero-order chi connectivity index (χ0) is 26.0. The van der Waals surface area contributed by atoms with E-state index in [1.165, 1.54) is 27.4 Å². The summed E-state index contributed by atoms with van der Waals surface area (Å²) < 4.78 is 11.6. The third-order valence-corrected chi connectivity index (χ3v) is 9.05. The van der Waals surface area contributed by atoms with Gasteiger partial charge in [-0.05, 0) is 35.3 Å². The fourth-order valence-electron chi connectivity index (χ4n) is 7.63. The van der Waals surface area contributed by atoms with Crippen molar-refractivity contribution in [1.82, 2.24) is 9.29 Å². The van der Waals surface area contributed by atoms with Crippen LogP contribution in [0.5, 0.6) is 0 Å². The minimum absolute atomic E-state index is 0.910. The second-order valence-electron chi connectivity index (χ2n) is 10.9. The molecule has 3 aliphatic rings. The molecule has 1 atom stereocenters. The lowest BCUT2D eigenvalue weighted by Crippen LogP contribution is -2.86. The Bertz CT molecular complexity index is 2340. The number of allylic oxidation sites excluding steroid dienone is 2. The van der Waals surface area contributed by atoms with Crippen LogP contribution < -0.4 is 9.94 Å². The predicted molar refractivity (Wildman–Crippen MR) is 162 cm³/mol. The van der Waals surface area contributed by atoms with Crippen LogP contribution in [0.1, 0.15) is 5.56 Å². The highest BCUT2D eigenvalue weighted by molar-refractivity contribution is 6.86. The monoisotopic (exact) mass is 512 g/mol. The molecule has 0 radical (unpaired) electrons. The van der Waals surface area contributed by atoms with Crippen LogP contribution in [-0.4, -0.2) is 21.7 Å². The number of nitrogens with zero attached hydrogens (tertiary/aromatic N) is 4. The molecule has 4 aromatic carbocycles. The molecule has 3 aliphatic heterocycles. The molecule has 0 saturated carbocycles. The van der Waals surface area contributed by atoms with E-state index in [-0.39, 0.29) is 0 Å². The highest BCUT2D eigenvalue weighted by atomic mass is 16.3. The average molecular weight is 512 g/mol. The summed E-state index contributed by atoms with van der Waals surface area (Å²) in [5.41, 5.74) is 7.78. The molecule has 0 N–H and O–H groups in total. The summed E-state index contributed by atoms with van der Waals surface area (Å²) in [5.74, 6) is 1.88. The predicted octanol–water partition coefficient (Wildman–Crippen LogP) is 6.49. The van der Waals surface area contributed by atoms with Crippen LogP contribution in [0.2, 0.25) is 0 Å². The number of amidine groups is 1. The highest BCUT2D eigenvalue weighted by Crippen LogP contribution is 2.49. The van der Waals surface area contributed by atoms with Gasteiger partial charge >= 0.3 is 6.55 Å². The number of para-hydroxylation sites is 2. The number of pyridine rings is 1. The first-order valence-electron chi connectivity index (χ1n) is 13.7. The van der Waals surface area contributed by atoms with E-state index in [9.17, 15) is 0 Å². The van der Waals surface area contributed by atoms with Gasteiger partial charge in [0.2, 0.25) is 5.84 Å². The van der Waals surface area contributed by atoms with Crippen LogP contribution in [0, 0.1) is 0 Å². The van der Waals surface area contributed by atoms with Gasteiger partial charge in [0.1, 0.15) is 11.2 Å². The molecule has 0 spiro atoms. The number of aromatic nitrogens is 2. The normalized spacial score (nSPS) is 18.8. The van der Waals surface area contributed by atoms with Crippen molar-refractivity contribution in [3.8, 4) is 0 Å². The van der Waals surface area contributed by atoms with Crippen molar-refractivity contribution >= 4 is 73.1 Å². The van der Waals surface area contributed by atoms with E-state index in [1.54, 1.807) is 0 Å². The van der Waals surface area contributed by atoms with E-state index < -0.39 is 6.55 Å². The topological polar surface area (TPSA) is 37.5 Å². The zero-order valence-corrected chi connectivity index (χ0v) is 21.4. The van der Waals surface area contributed by atoms with Gasteiger partial charge in [0.25, 0.3) is 5.82 Å². The van der Waals surface area contributed by atoms with Crippen molar-refractivity contribution in [3.05, 3.63) is 133 Å². The van der Waals surface area contributed by atoms with Crippen LogP contribution in [-0.2, 0) is 0 Å². The molecular weight excluding hydrogens is 491 g/mol. The maximum atomic E-state index is 6.67. The maximum absolute atomic E-state index is 6.67. The summed E-state index contributed by atoms with van der Waals surface area (Å²) in [6.45, 7) is -1.77. The lowest BCUT2D eigenvalue weighted by atomic mass is 9.47. The van der Waals surface area contributed by atoms with Gasteiger partial charge in [0.15, 0.2) is 0 Å². The van der Waals surface area contributed by atoms with Crippen molar-refractivity contribution < 1.29 is 8.90 Å². The van der Waals surface area contributed by atoms with Gasteiger partial charge in [-0.15, -0.1) is 5.46 Å². The van der Waals surface area contributed by atoms with E-state index >= 15 is 0 Å². The van der Waals surface area contributed by atoms with Crippen molar-refractivity contribution in [2.45, 2.75) is 0 Å². The largest absolute Gasteiger partial charge is 0.455 e. The number of hydrogen-bond donors (Lipinski definition) is 0. The van der Waals surface area contributed by atoms with E-state index in [4.69, 9.17) is 9.41 Å². The first kappa shape index (κ1) is 20.6. The Hall–Kier alpha value is -5.36. The number of benzene rings is 4. The molecule has 10 rings (SSSR count). The highest BCUT2D eigenvalue weighted by Gasteiger charge is 2.55. The second kappa shape index (κ2) is 6.99. The number of furan rings is 1. The Labute approximate surface area is 229 Å². The smallest absolute Gasteiger partial charge is 0.425 e. The molecular formula is C34H21BN4O. The first-order chi connectivity index (χ1) is 19.9. The molecule has 0 amide bonds. The van der Waals surface area contributed by atoms with E-state index in [0.29, 0.717) is 0 Å². The molecule has 6 heterocycles. The van der Waals surface area contributed by atoms with E-state index in [1.807, 2.05) is 6.07 Å². The lowest BCUT2D eigenvalue weighted by molar-refractivity contribution is -0.540. The molecule has 6 heteroatoms. The molecule has 0 saturated heterocycles. The van der Waals surface area contributed by atoms with Crippen LogP contribution >= 0.6 is 0 Å². The molecule has 5 nitrogen and oxygen atoms in total. The van der Waals surface area contributed by atoms with Crippen molar-refractivity contribution in [2.75, 3.05) is 0 Å². The summed E-state index contributed by atoms with van der Waals surface area (Å²) >= 11 is 0. The molecule has 40 heavy (non-hydrogen) atoms. The number of aliphatic imine (C=N–C) groups is 1. The van der Waals surface area contributed by atoms with Crippen LogP contribution in [0.15, 0.2) is 137 Å². The Morgan fingerprint density at radius 2 is 1.57 bits per heavy atom. The van der Waals surface area contributed by atoms with Gasteiger partial charge in [0, 0.05) is 62.2 Å². The summed E-state index contributed by atoms with van der Waals surface area (Å²) in [4.78, 5) is 7.66. The second-order valence-corrected chi connectivity index (χ2v) is 10.9. The average Bonchev–Trinajstić information content (AvgIpc) is 3.56. The summed E-state index contributed by atoms with van der Waals surface area (Å²) in [6, 6.07) is 36.7. The van der Waals surface area contributed by atoms with Gasteiger partial charge in [-0.25, -0.2) is 0 Å². The Balaban J connectivity index is 1.54. The van der Waals surface area contributed by atoms with Gasteiger partial charge in [0.05, 0.1) is 0 Å². The number of fused-ring (bicyclic) bond motifs is 11. The summed E-state index contributed by atoms with van der Waals surface area (Å²) in [7, 11) is 0. The molecule has 0 bridgehead atoms. The minimum atomic E-state index is -1.77.